The summed E-state index contributed by atoms with van der Waals surface area (Å²) in [5.74, 6) is 1.09. The number of methoxy groups -OCH3 is 2. The number of ether oxygens (including phenoxy) is 2. The van der Waals surface area contributed by atoms with Gasteiger partial charge in [-0.2, -0.15) is 8.42 Å². The minimum atomic E-state index is -3.97. The van der Waals surface area contributed by atoms with Crippen molar-refractivity contribution in [3.8, 4) is 17.2 Å². The molecule has 0 aliphatic carbocycles. The molecule has 0 heterocycles. The fraction of sp³-hybridized carbons (Fsp3) is 0.294. The zero-order valence-electron chi connectivity index (χ0n) is 13.8. The van der Waals surface area contributed by atoms with E-state index in [0.29, 0.717) is 17.1 Å². The van der Waals surface area contributed by atoms with Crippen molar-refractivity contribution >= 4 is 10.1 Å². The summed E-state index contributed by atoms with van der Waals surface area (Å²) < 4.78 is 40.8. The Morgan fingerprint density at radius 2 is 1.30 bits per heavy atom. The lowest BCUT2D eigenvalue weighted by Gasteiger charge is -2.14. The summed E-state index contributed by atoms with van der Waals surface area (Å²) in [5, 5.41) is 0. The molecule has 23 heavy (non-hydrogen) atoms. The van der Waals surface area contributed by atoms with Gasteiger partial charge in [0.1, 0.15) is 10.6 Å². The molecule has 0 aliphatic rings. The Hall–Kier alpha value is -2.21. The lowest BCUT2D eigenvalue weighted by molar-refractivity contribution is 0.353. The lowest BCUT2D eigenvalue weighted by Crippen LogP contribution is -2.12. The molecule has 2 rings (SSSR count). The Bertz CT molecular complexity index is 805. The van der Waals surface area contributed by atoms with Crippen LogP contribution in [0.5, 0.6) is 17.2 Å². The summed E-state index contributed by atoms with van der Waals surface area (Å²) in [6, 6.07) is 8.32. The molecule has 0 saturated carbocycles. The van der Waals surface area contributed by atoms with Gasteiger partial charge in [-0.15, -0.1) is 0 Å². The van der Waals surface area contributed by atoms with E-state index in [2.05, 4.69) is 0 Å². The molecular weight excluding hydrogens is 316 g/mol. The molecule has 124 valence electrons. The quantitative estimate of drug-likeness (QED) is 0.783. The van der Waals surface area contributed by atoms with Crippen LogP contribution in [0.25, 0.3) is 0 Å². The molecule has 5 nitrogen and oxygen atoms in total. The predicted molar refractivity (Wildman–Crippen MR) is 88.0 cm³/mol. The van der Waals surface area contributed by atoms with E-state index >= 15 is 0 Å². The Kier molecular flexibility index (Phi) is 4.85. The molecule has 0 saturated heterocycles. The van der Waals surface area contributed by atoms with Gasteiger partial charge in [-0.3, -0.25) is 0 Å². The van der Waals surface area contributed by atoms with E-state index in [0.717, 1.165) is 11.1 Å². The highest BCUT2D eigenvalue weighted by Gasteiger charge is 2.22. The second kappa shape index (κ2) is 6.50. The maximum Gasteiger partial charge on any atom is 0.339 e. The Morgan fingerprint density at radius 1 is 0.783 bits per heavy atom. The molecule has 0 aliphatic heterocycles. The van der Waals surface area contributed by atoms with Crippen LogP contribution < -0.4 is 13.7 Å². The maximum atomic E-state index is 12.6. The van der Waals surface area contributed by atoms with Gasteiger partial charge in [0.05, 0.1) is 14.2 Å². The molecule has 0 amide bonds. The molecule has 2 aromatic rings. The fourth-order valence-electron chi connectivity index (χ4n) is 2.38. The smallest absolute Gasteiger partial charge is 0.339 e. The average Bonchev–Trinajstić information content (AvgIpc) is 2.44. The van der Waals surface area contributed by atoms with Crippen molar-refractivity contribution in [1.82, 2.24) is 0 Å². The Morgan fingerprint density at radius 3 is 1.83 bits per heavy atom. The summed E-state index contributed by atoms with van der Waals surface area (Å²) in [6.07, 6.45) is 0. The maximum absolute atomic E-state index is 12.6. The number of hydrogen-bond donors (Lipinski definition) is 0. The fourth-order valence-corrected chi connectivity index (χ4v) is 3.53. The molecule has 0 fully saturated rings. The number of rotatable bonds is 5. The van der Waals surface area contributed by atoms with Crippen LogP contribution in [-0.2, 0) is 10.1 Å². The van der Waals surface area contributed by atoms with Crippen LogP contribution in [0.2, 0.25) is 0 Å². The van der Waals surface area contributed by atoms with E-state index in [1.807, 2.05) is 19.9 Å². The summed E-state index contributed by atoms with van der Waals surface area (Å²) in [6.45, 7) is 5.45. The van der Waals surface area contributed by atoms with Crippen LogP contribution >= 0.6 is 0 Å². The zero-order valence-corrected chi connectivity index (χ0v) is 14.7. The first kappa shape index (κ1) is 17.1. The molecule has 0 bridgehead atoms. The van der Waals surface area contributed by atoms with Crippen LogP contribution in [-0.4, -0.2) is 22.6 Å². The molecule has 0 radical (unpaired) electrons. The van der Waals surface area contributed by atoms with Gasteiger partial charge in [-0.1, -0.05) is 6.07 Å². The molecule has 0 aromatic heterocycles. The van der Waals surface area contributed by atoms with E-state index in [1.165, 1.54) is 20.3 Å². The zero-order chi connectivity index (χ0) is 17.2. The van der Waals surface area contributed by atoms with Crippen molar-refractivity contribution in [3.05, 3.63) is 47.0 Å². The second-order valence-corrected chi connectivity index (χ2v) is 6.85. The molecule has 0 atom stereocenters. The van der Waals surface area contributed by atoms with Crippen molar-refractivity contribution in [2.75, 3.05) is 14.2 Å². The average molecular weight is 336 g/mol. The minimum absolute atomic E-state index is 0.0503. The van der Waals surface area contributed by atoms with Gasteiger partial charge < -0.3 is 13.7 Å². The topological polar surface area (TPSA) is 61.8 Å². The van der Waals surface area contributed by atoms with Gasteiger partial charge in [0, 0.05) is 6.07 Å². The standard InChI is InChI=1S/C17H20O5S/c1-11-6-12(2)8-14(7-11)22-23(18,19)17-10-16(21-5)15(20-4)9-13(17)3/h6-10H,1-5H3. The van der Waals surface area contributed by atoms with Gasteiger partial charge in [0.2, 0.25) is 0 Å². The van der Waals surface area contributed by atoms with Gasteiger partial charge in [0.25, 0.3) is 0 Å². The minimum Gasteiger partial charge on any atom is -0.493 e. The highest BCUT2D eigenvalue weighted by molar-refractivity contribution is 7.87. The van der Waals surface area contributed by atoms with Crippen LogP contribution in [0, 0.1) is 20.8 Å². The molecule has 6 heteroatoms. The summed E-state index contributed by atoms with van der Waals surface area (Å²) >= 11 is 0. The van der Waals surface area contributed by atoms with Crippen LogP contribution in [0.1, 0.15) is 16.7 Å². The molecule has 0 spiro atoms. The van der Waals surface area contributed by atoms with Crippen LogP contribution in [0.15, 0.2) is 35.2 Å². The van der Waals surface area contributed by atoms with E-state index in [1.54, 1.807) is 25.1 Å². The van der Waals surface area contributed by atoms with E-state index in [9.17, 15) is 8.42 Å². The normalized spacial score (nSPS) is 11.2. The van der Waals surface area contributed by atoms with Gasteiger partial charge in [-0.05, 0) is 55.7 Å². The lowest BCUT2D eigenvalue weighted by atomic mass is 10.1. The first-order valence-electron chi connectivity index (χ1n) is 7.02. The van der Waals surface area contributed by atoms with Crippen molar-refractivity contribution in [2.45, 2.75) is 25.7 Å². The van der Waals surface area contributed by atoms with Gasteiger partial charge in [-0.25, -0.2) is 0 Å². The number of aryl methyl sites for hydroxylation is 3. The van der Waals surface area contributed by atoms with Crippen LogP contribution in [0.4, 0.5) is 0 Å². The first-order chi connectivity index (χ1) is 10.8. The van der Waals surface area contributed by atoms with Crippen LogP contribution in [0.3, 0.4) is 0 Å². The van der Waals surface area contributed by atoms with E-state index in [4.69, 9.17) is 13.7 Å². The molecular formula is C17H20O5S. The third kappa shape index (κ3) is 3.76. The SMILES string of the molecule is COc1cc(C)c(S(=O)(=O)Oc2cc(C)cc(C)c2)cc1OC. The third-order valence-electron chi connectivity index (χ3n) is 3.35. The third-order valence-corrected chi connectivity index (χ3v) is 4.74. The largest absolute Gasteiger partial charge is 0.493 e. The van der Waals surface area contributed by atoms with Crippen molar-refractivity contribution < 1.29 is 22.1 Å². The monoisotopic (exact) mass is 336 g/mol. The predicted octanol–water partition coefficient (Wildman–Crippen LogP) is 3.40. The Labute approximate surface area is 136 Å². The highest BCUT2D eigenvalue weighted by Crippen LogP contribution is 2.33. The van der Waals surface area contributed by atoms with Crippen molar-refractivity contribution in [2.24, 2.45) is 0 Å². The van der Waals surface area contributed by atoms with E-state index < -0.39 is 10.1 Å². The summed E-state index contributed by atoms with van der Waals surface area (Å²) in [5.41, 5.74) is 2.38. The van der Waals surface area contributed by atoms with E-state index in [-0.39, 0.29) is 10.6 Å². The molecule has 0 N–H and O–H groups in total. The molecule has 0 unspecified atom stereocenters. The molecule has 2 aromatic carbocycles. The first-order valence-corrected chi connectivity index (χ1v) is 8.43. The van der Waals surface area contributed by atoms with Crippen molar-refractivity contribution in [1.29, 1.82) is 0 Å². The summed E-state index contributed by atoms with van der Waals surface area (Å²) in [7, 11) is -1.02. The van der Waals surface area contributed by atoms with Gasteiger partial charge in [0.15, 0.2) is 11.5 Å². The highest BCUT2D eigenvalue weighted by atomic mass is 32.2. The van der Waals surface area contributed by atoms with Crippen molar-refractivity contribution in [3.63, 3.8) is 0 Å². The second-order valence-electron chi connectivity index (χ2n) is 5.33. The number of benzene rings is 2. The Balaban J connectivity index is 2.47. The van der Waals surface area contributed by atoms with Gasteiger partial charge >= 0.3 is 10.1 Å². The summed E-state index contributed by atoms with van der Waals surface area (Å²) in [4.78, 5) is 0.0503. The number of hydrogen-bond acceptors (Lipinski definition) is 5.